The summed E-state index contributed by atoms with van der Waals surface area (Å²) >= 11 is 9.42. The summed E-state index contributed by atoms with van der Waals surface area (Å²) in [6, 6.07) is 12.8. The van der Waals surface area contributed by atoms with Gasteiger partial charge in [0.25, 0.3) is 0 Å². The number of rotatable bonds is 2. The molecule has 0 atom stereocenters. The van der Waals surface area contributed by atoms with Crippen molar-refractivity contribution in [2.75, 3.05) is 0 Å². The Morgan fingerprint density at radius 1 is 1.04 bits per heavy atom. The number of aromatic nitrogens is 2. The summed E-state index contributed by atoms with van der Waals surface area (Å²) in [5.74, 6) is -0.0201. The fourth-order valence-corrected chi connectivity index (χ4v) is 3.06. The fraction of sp³-hybridized carbons (Fsp3) is 0. The van der Waals surface area contributed by atoms with E-state index in [1.54, 1.807) is 24.4 Å². The van der Waals surface area contributed by atoms with Gasteiger partial charge in [0.1, 0.15) is 0 Å². The van der Waals surface area contributed by atoms with Gasteiger partial charge in [-0.05, 0) is 42.5 Å². The summed E-state index contributed by atoms with van der Waals surface area (Å²) < 4.78 is 0.898. The van der Waals surface area contributed by atoms with E-state index in [1.807, 2.05) is 24.3 Å². The van der Waals surface area contributed by atoms with Crippen molar-refractivity contribution in [3.63, 3.8) is 0 Å². The number of nitrogens with zero attached hydrogens (tertiary/aromatic N) is 3. The van der Waals surface area contributed by atoms with Crippen LogP contribution in [0.4, 0.5) is 11.4 Å². The lowest BCUT2D eigenvalue weighted by Crippen LogP contribution is -1.78. The lowest BCUT2D eigenvalue weighted by molar-refractivity contribution is 0.459. The maximum Gasteiger partial charge on any atom is 0.218 e. The van der Waals surface area contributed by atoms with Gasteiger partial charge in [-0.2, -0.15) is 0 Å². The maximum atomic E-state index is 10.1. The van der Waals surface area contributed by atoms with E-state index in [9.17, 15) is 5.11 Å². The number of halogens is 2. The second kappa shape index (κ2) is 5.89. The molecule has 2 aromatic heterocycles. The molecule has 0 saturated heterocycles. The molecule has 0 radical (unpaired) electrons. The van der Waals surface area contributed by atoms with Crippen molar-refractivity contribution in [3.8, 4) is 5.88 Å². The van der Waals surface area contributed by atoms with Crippen LogP contribution in [-0.4, -0.2) is 15.1 Å². The fourth-order valence-electron chi connectivity index (χ4n) is 2.53. The molecule has 2 aromatic carbocycles. The molecule has 7 heteroatoms. The number of aromatic amines is 1. The van der Waals surface area contributed by atoms with Gasteiger partial charge in [0, 0.05) is 26.5 Å². The van der Waals surface area contributed by atoms with Gasteiger partial charge in [0.2, 0.25) is 5.88 Å². The molecule has 4 rings (SSSR count). The molecule has 0 aliphatic heterocycles. The van der Waals surface area contributed by atoms with E-state index >= 15 is 0 Å². The van der Waals surface area contributed by atoms with Gasteiger partial charge in [0.05, 0.1) is 16.7 Å². The molecule has 0 fully saturated rings. The standard InChI is InChI=1S/C17H10BrClN4O/c18-9-1-4-13-12(7-9)16(17(24)21-13)23-22-14-5-6-20-15-8-10(19)2-3-11(14)15/h1-8,21,24H. The summed E-state index contributed by atoms with van der Waals surface area (Å²) in [5, 5.41) is 20.9. The Morgan fingerprint density at radius 3 is 2.79 bits per heavy atom. The topological polar surface area (TPSA) is 73.6 Å². The minimum Gasteiger partial charge on any atom is -0.493 e. The number of fused-ring (bicyclic) bond motifs is 2. The van der Waals surface area contributed by atoms with Crippen LogP contribution in [0.5, 0.6) is 5.88 Å². The van der Waals surface area contributed by atoms with Crippen LogP contribution in [0.25, 0.3) is 21.8 Å². The highest BCUT2D eigenvalue weighted by Crippen LogP contribution is 2.38. The number of hydrogen-bond donors (Lipinski definition) is 2. The molecule has 0 bridgehead atoms. The molecule has 4 aromatic rings. The molecule has 0 amide bonds. The van der Waals surface area contributed by atoms with Crippen molar-refractivity contribution in [2.24, 2.45) is 10.2 Å². The Balaban J connectivity index is 1.84. The van der Waals surface area contributed by atoms with E-state index in [-0.39, 0.29) is 5.88 Å². The Labute approximate surface area is 150 Å². The van der Waals surface area contributed by atoms with E-state index in [2.05, 4.69) is 36.1 Å². The summed E-state index contributed by atoms with van der Waals surface area (Å²) in [7, 11) is 0. The Kier molecular flexibility index (Phi) is 3.70. The van der Waals surface area contributed by atoms with Gasteiger partial charge in [0.15, 0.2) is 5.69 Å². The zero-order valence-corrected chi connectivity index (χ0v) is 14.5. The second-order valence-corrected chi connectivity index (χ2v) is 6.56. The summed E-state index contributed by atoms with van der Waals surface area (Å²) in [5.41, 5.74) is 2.58. The quantitative estimate of drug-likeness (QED) is 0.389. The molecule has 0 unspecified atom stereocenters. The molecule has 2 N–H and O–H groups in total. The van der Waals surface area contributed by atoms with Crippen LogP contribution in [-0.2, 0) is 0 Å². The van der Waals surface area contributed by atoms with Crippen LogP contribution in [0.2, 0.25) is 5.02 Å². The van der Waals surface area contributed by atoms with Crippen molar-refractivity contribution in [1.82, 2.24) is 9.97 Å². The second-order valence-electron chi connectivity index (χ2n) is 5.20. The van der Waals surface area contributed by atoms with Crippen molar-refractivity contribution in [2.45, 2.75) is 0 Å². The van der Waals surface area contributed by atoms with Crippen LogP contribution in [0, 0.1) is 0 Å². The summed E-state index contributed by atoms with van der Waals surface area (Å²) in [6.45, 7) is 0. The van der Waals surface area contributed by atoms with Crippen molar-refractivity contribution in [1.29, 1.82) is 0 Å². The molecule has 118 valence electrons. The van der Waals surface area contributed by atoms with E-state index in [4.69, 9.17) is 11.6 Å². The van der Waals surface area contributed by atoms with Gasteiger partial charge in [-0.1, -0.05) is 27.5 Å². The van der Waals surface area contributed by atoms with Gasteiger partial charge in [-0.15, -0.1) is 10.2 Å². The molecule has 24 heavy (non-hydrogen) atoms. The minimum absolute atomic E-state index is 0.0201. The third-order valence-electron chi connectivity index (χ3n) is 3.65. The average Bonchev–Trinajstić information content (AvgIpc) is 2.87. The highest BCUT2D eigenvalue weighted by Gasteiger charge is 2.11. The van der Waals surface area contributed by atoms with E-state index < -0.39 is 0 Å². The molecule has 0 saturated carbocycles. The lowest BCUT2D eigenvalue weighted by atomic mass is 10.2. The molecule has 0 spiro atoms. The Morgan fingerprint density at radius 2 is 1.92 bits per heavy atom. The Bertz CT molecular complexity index is 1110. The first kappa shape index (κ1) is 15.1. The normalized spacial score (nSPS) is 11.8. The first-order valence-electron chi connectivity index (χ1n) is 7.08. The van der Waals surface area contributed by atoms with Crippen LogP contribution in [0.1, 0.15) is 0 Å². The molecular formula is C17H10BrClN4O. The maximum absolute atomic E-state index is 10.1. The number of benzene rings is 2. The summed E-state index contributed by atoms with van der Waals surface area (Å²) in [4.78, 5) is 7.17. The smallest absolute Gasteiger partial charge is 0.218 e. The van der Waals surface area contributed by atoms with Crippen molar-refractivity contribution in [3.05, 3.63) is 58.2 Å². The first-order chi connectivity index (χ1) is 11.6. The number of nitrogens with one attached hydrogen (secondary N) is 1. The monoisotopic (exact) mass is 400 g/mol. The van der Waals surface area contributed by atoms with Crippen molar-refractivity contribution < 1.29 is 5.11 Å². The predicted octanol–water partition coefficient (Wildman–Crippen LogP) is 6.25. The van der Waals surface area contributed by atoms with E-state index in [0.717, 1.165) is 26.3 Å². The highest BCUT2D eigenvalue weighted by atomic mass is 79.9. The molecule has 5 nitrogen and oxygen atoms in total. The number of H-pyrrole nitrogens is 1. The molecular weight excluding hydrogens is 392 g/mol. The summed E-state index contributed by atoms with van der Waals surface area (Å²) in [6.07, 6.45) is 1.65. The average molecular weight is 402 g/mol. The zero-order valence-electron chi connectivity index (χ0n) is 12.2. The SMILES string of the molecule is Oc1[nH]c2ccc(Br)cc2c1N=Nc1ccnc2cc(Cl)ccc12. The largest absolute Gasteiger partial charge is 0.493 e. The number of hydrogen-bond acceptors (Lipinski definition) is 4. The van der Waals surface area contributed by atoms with Gasteiger partial charge in [-0.3, -0.25) is 4.98 Å². The predicted molar refractivity (Wildman–Crippen MR) is 98.6 cm³/mol. The number of azo groups is 1. The third kappa shape index (κ3) is 2.64. The van der Waals surface area contributed by atoms with Crippen LogP contribution < -0.4 is 0 Å². The Hall–Kier alpha value is -2.44. The van der Waals surface area contributed by atoms with Crippen LogP contribution in [0.15, 0.2) is 63.4 Å². The highest BCUT2D eigenvalue weighted by molar-refractivity contribution is 9.10. The molecule has 2 heterocycles. The van der Waals surface area contributed by atoms with Crippen molar-refractivity contribution >= 4 is 60.7 Å². The lowest BCUT2D eigenvalue weighted by Gasteiger charge is -2.00. The molecule has 0 aliphatic rings. The molecule has 0 aliphatic carbocycles. The minimum atomic E-state index is -0.0201. The van der Waals surface area contributed by atoms with Gasteiger partial charge < -0.3 is 10.1 Å². The van der Waals surface area contributed by atoms with E-state index in [0.29, 0.717) is 16.4 Å². The van der Waals surface area contributed by atoms with Crippen LogP contribution in [0.3, 0.4) is 0 Å². The number of aromatic hydroxyl groups is 1. The third-order valence-corrected chi connectivity index (χ3v) is 4.38. The zero-order chi connectivity index (χ0) is 16.7. The van der Waals surface area contributed by atoms with E-state index in [1.165, 1.54) is 0 Å². The van der Waals surface area contributed by atoms with Gasteiger partial charge in [-0.25, -0.2) is 0 Å². The first-order valence-corrected chi connectivity index (χ1v) is 8.25. The van der Waals surface area contributed by atoms with Crippen LogP contribution >= 0.6 is 27.5 Å². The number of pyridine rings is 1. The van der Waals surface area contributed by atoms with Gasteiger partial charge >= 0.3 is 0 Å².